The largest absolute Gasteiger partial charge is 0.480 e. The highest BCUT2D eigenvalue weighted by molar-refractivity contribution is 5.87. The first-order chi connectivity index (χ1) is 18.0. The lowest BCUT2D eigenvalue weighted by Crippen LogP contribution is -2.41. The van der Waals surface area contributed by atoms with E-state index in [0.29, 0.717) is 69.0 Å². The number of carboxylic acid groups (broad SMARTS) is 2. The Labute approximate surface area is 224 Å². The molecule has 0 aliphatic heterocycles. The second kappa shape index (κ2) is 17.7. The van der Waals surface area contributed by atoms with Crippen LogP contribution < -0.4 is 16.0 Å². The van der Waals surface area contributed by atoms with E-state index < -0.39 is 24.0 Å². The van der Waals surface area contributed by atoms with Gasteiger partial charge >= 0.3 is 11.9 Å². The van der Waals surface area contributed by atoms with Gasteiger partial charge in [0.25, 0.3) is 0 Å². The molecule has 1 aromatic carbocycles. The number of aliphatic imine (C=N–C) groups is 1. The summed E-state index contributed by atoms with van der Waals surface area (Å²) in [7, 11) is 0. The van der Waals surface area contributed by atoms with Crippen molar-refractivity contribution in [1.29, 1.82) is 10.8 Å². The van der Waals surface area contributed by atoms with E-state index in [2.05, 4.69) is 20.9 Å². The summed E-state index contributed by atoms with van der Waals surface area (Å²) in [5.74, 6) is -1.69. The molecule has 0 saturated carbocycles. The van der Waals surface area contributed by atoms with Crippen molar-refractivity contribution in [3.63, 3.8) is 0 Å². The van der Waals surface area contributed by atoms with E-state index in [9.17, 15) is 24.6 Å². The Morgan fingerprint density at radius 2 is 1.39 bits per heavy atom. The van der Waals surface area contributed by atoms with Crippen molar-refractivity contribution in [2.45, 2.75) is 84.2 Å². The number of rotatable bonds is 18. The molecule has 7 N–H and O–H groups in total. The van der Waals surface area contributed by atoms with Crippen molar-refractivity contribution in [2.24, 2.45) is 4.99 Å². The van der Waals surface area contributed by atoms with Crippen LogP contribution in [0.25, 0.3) is 0 Å². The number of nitrogens with zero attached hydrogens (tertiary/aromatic N) is 1. The van der Waals surface area contributed by atoms with E-state index in [-0.39, 0.29) is 12.3 Å². The standard InChI is InChI=1S/C27H42N6O5/c1-18(32-23(26(35)36)11-4-6-13-30-19(2)28)15-21-9-8-10-22(16-21)17-25(34)33-24(27(37)38)12-5-7-14-31-20(3)29/h8-10,16,23-24H,4-7,11-15,17H2,1-3H3,(H2,28,30)(H2,29,31)(H,33,34)(H,35,36)(H,37,38)/b32-18+. The van der Waals surface area contributed by atoms with Gasteiger partial charge in [-0.15, -0.1) is 0 Å². The fourth-order valence-electron chi connectivity index (χ4n) is 3.88. The average Bonchev–Trinajstić information content (AvgIpc) is 2.81. The second-order valence-electron chi connectivity index (χ2n) is 9.45. The number of nitrogens with one attached hydrogen (secondary N) is 5. The number of carbonyl (C=O) groups is 3. The molecule has 210 valence electrons. The molecule has 0 saturated heterocycles. The zero-order valence-corrected chi connectivity index (χ0v) is 22.6. The lowest BCUT2D eigenvalue weighted by atomic mass is 10.0. The van der Waals surface area contributed by atoms with E-state index in [0.717, 1.165) is 17.5 Å². The van der Waals surface area contributed by atoms with Gasteiger partial charge in [-0.1, -0.05) is 24.3 Å². The number of hydrogen-bond donors (Lipinski definition) is 7. The molecule has 0 aromatic heterocycles. The molecule has 1 amide bonds. The van der Waals surface area contributed by atoms with E-state index in [1.54, 1.807) is 26.8 Å². The molecule has 0 aliphatic carbocycles. The predicted octanol–water partition coefficient (Wildman–Crippen LogP) is 2.77. The van der Waals surface area contributed by atoms with Crippen LogP contribution in [0.15, 0.2) is 29.3 Å². The highest BCUT2D eigenvalue weighted by atomic mass is 16.4. The van der Waals surface area contributed by atoms with Gasteiger partial charge in [-0.3, -0.25) is 20.6 Å². The van der Waals surface area contributed by atoms with Gasteiger partial charge in [-0.25, -0.2) is 9.59 Å². The summed E-state index contributed by atoms with van der Waals surface area (Å²) in [6.07, 6.45) is 3.91. The van der Waals surface area contributed by atoms with Gasteiger partial charge in [0.05, 0.1) is 18.1 Å². The van der Waals surface area contributed by atoms with Crippen LogP contribution in [0.3, 0.4) is 0 Å². The molecule has 0 heterocycles. The summed E-state index contributed by atoms with van der Waals surface area (Å²) in [5, 5.41) is 42.0. The van der Waals surface area contributed by atoms with Gasteiger partial charge in [0.1, 0.15) is 12.1 Å². The molecule has 1 aromatic rings. The summed E-state index contributed by atoms with van der Waals surface area (Å²) in [5.41, 5.74) is 2.28. The third kappa shape index (κ3) is 14.7. The fraction of sp³-hybridized carbons (Fsp3) is 0.556. The molecule has 38 heavy (non-hydrogen) atoms. The smallest absolute Gasteiger partial charge is 0.328 e. The number of benzene rings is 1. The fourth-order valence-corrected chi connectivity index (χ4v) is 3.88. The molecule has 1 rings (SSSR count). The van der Waals surface area contributed by atoms with E-state index in [1.807, 2.05) is 18.2 Å². The Balaban J connectivity index is 2.64. The average molecular weight is 531 g/mol. The maximum absolute atomic E-state index is 12.5. The van der Waals surface area contributed by atoms with Crippen LogP contribution in [0.1, 0.15) is 70.4 Å². The Bertz CT molecular complexity index is 994. The van der Waals surface area contributed by atoms with Crippen LogP contribution in [0.2, 0.25) is 0 Å². The van der Waals surface area contributed by atoms with Crippen molar-refractivity contribution in [3.05, 3.63) is 35.4 Å². The van der Waals surface area contributed by atoms with E-state index in [4.69, 9.17) is 10.8 Å². The third-order valence-electron chi connectivity index (χ3n) is 5.71. The molecule has 0 spiro atoms. The van der Waals surface area contributed by atoms with Crippen molar-refractivity contribution in [2.75, 3.05) is 13.1 Å². The number of hydrogen-bond acceptors (Lipinski definition) is 6. The summed E-state index contributed by atoms with van der Waals surface area (Å²) in [4.78, 5) is 40.1. The van der Waals surface area contributed by atoms with E-state index >= 15 is 0 Å². The first kappa shape index (κ1) is 32.3. The number of amidine groups is 2. The Hall–Kier alpha value is -3.76. The summed E-state index contributed by atoms with van der Waals surface area (Å²) in [6.45, 7) is 6.29. The number of amides is 1. The summed E-state index contributed by atoms with van der Waals surface area (Å²) < 4.78 is 0. The lowest BCUT2D eigenvalue weighted by molar-refractivity contribution is -0.142. The monoisotopic (exact) mass is 530 g/mol. The molecule has 11 heteroatoms. The highest BCUT2D eigenvalue weighted by Crippen LogP contribution is 2.11. The molecule has 0 bridgehead atoms. The molecule has 11 nitrogen and oxygen atoms in total. The number of unbranched alkanes of at least 4 members (excludes halogenated alkanes) is 2. The minimum Gasteiger partial charge on any atom is -0.480 e. The van der Waals surface area contributed by atoms with Gasteiger partial charge in [0, 0.05) is 25.2 Å². The minimum atomic E-state index is -1.08. The van der Waals surface area contributed by atoms with Crippen LogP contribution in [-0.2, 0) is 27.2 Å². The Morgan fingerprint density at radius 3 is 1.92 bits per heavy atom. The number of carbonyl (C=O) groups excluding carboxylic acids is 1. The van der Waals surface area contributed by atoms with Gasteiger partial charge in [0.2, 0.25) is 5.91 Å². The van der Waals surface area contributed by atoms with Gasteiger partial charge in [-0.2, -0.15) is 0 Å². The molecule has 0 radical (unpaired) electrons. The Morgan fingerprint density at radius 1 is 0.842 bits per heavy atom. The van der Waals surface area contributed by atoms with Crippen LogP contribution >= 0.6 is 0 Å². The van der Waals surface area contributed by atoms with Gasteiger partial charge in [-0.05, 0) is 70.4 Å². The highest BCUT2D eigenvalue weighted by Gasteiger charge is 2.20. The number of aliphatic carboxylic acids is 2. The molecule has 2 atom stereocenters. The first-order valence-corrected chi connectivity index (χ1v) is 12.9. The van der Waals surface area contributed by atoms with Gasteiger partial charge < -0.3 is 26.2 Å². The zero-order valence-electron chi connectivity index (χ0n) is 22.6. The topological polar surface area (TPSA) is 188 Å². The van der Waals surface area contributed by atoms with Crippen molar-refractivity contribution in [3.8, 4) is 0 Å². The van der Waals surface area contributed by atoms with Crippen LogP contribution in [-0.4, -0.2) is 70.6 Å². The van der Waals surface area contributed by atoms with Crippen molar-refractivity contribution >= 4 is 35.2 Å². The summed E-state index contributed by atoms with van der Waals surface area (Å²) in [6, 6.07) is 5.53. The van der Waals surface area contributed by atoms with Crippen LogP contribution in [0, 0.1) is 10.8 Å². The maximum atomic E-state index is 12.5. The lowest BCUT2D eigenvalue weighted by Gasteiger charge is -2.15. The van der Waals surface area contributed by atoms with Gasteiger partial charge in [0.15, 0.2) is 0 Å². The van der Waals surface area contributed by atoms with Crippen molar-refractivity contribution < 1.29 is 24.6 Å². The molecular weight excluding hydrogens is 488 g/mol. The second-order valence-corrected chi connectivity index (χ2v) is 9.45. The predicted molar refractivity (Wildman–Crippen MR) is 148 cm³/mol. The minimum absolute atomic E-state index is 0.0311. The SMILES string of the molecule is CC(=N)NCCCCC(/N=C(\C)Cc1cccc(CC(=O)NC(CCCCNC(C)=N)C(=O)O)c1)C(=O)O. The normalized spacial score (nSPS) is 12.8. The third-order valence-corrected chi connectivity index (χ3v) is 5.71. The van der Waals surface area contributed by atoms with E-state index in [1.165, 1.54) is 0 Å². The zero-order chi connectivity index (χ0) is 28.5. The summed E-state index contributed by atoms with van der Waals surface area (Å²) >= 11 is 0. The quantitative estimate of drug-likeness (QED) is 0.0863. The molecule has 0 aliphatic rings. The van der Waals surface area contributed by atoms with Crippen LogP contribution in [0.4, 0.5) is 0 Å². The maximum Gasteiger partial charge on any atom is 0.328 e. The number of carboxylic acids is 2. The van der Waals surface area contributed by atoms with Crippen LogP contribution in [0.5, 0.6) is 0 Å². The Kier molecular flexibility index (Phi) is 15.0. The molecule has 2 unspecified atom stereocenters. The molecule has 0 fully saturated rings. The van der Waals surface area contributed by atoms with Crippen molar-refractivity contribution in [1.82, 2.24) is 16.0 Å². The molecular formula is C27H42N6O5. The first-order valence-electron chi connectivity index (χ1n) is 12.9.